The first-order valence-electron chi connectivity index (χ1n) is 7.88. The van der Waals surface area contributed by atoms with Crippen molar-refractivity contribution < 1.29 is 14.7 Å². The predicted octanol–water partition coefficient (Wildman–Crippen LogP) is 4.73. The minimum absolute atomic E-state index is 0.00504. The Labute approximate surface area is 165 Å². The third-order valence-electron chi connectivity index (χ3n) is 4.25. The van der Waals surface area contributed by atoms with E-state index in [4.69, 9.17) is 34.8 Å². The molecule has 0 radical (unpaired) electrons. The molecule has 0 saturated carbocycles. The largest absolute Gasteiger partial charge is 0.505 e. The Hall–Kier alpha value is -1.95. The number of hydrogen-bond acceptors (Lipinski definition) is 3. The molecular formula is C18H15Cl3N2O3. The molecule has 1 unspecified atom stereocenters. The second kappa shape index (κ2) is 7.35. The molecule has 26 heavy (non-hydrogen) atoms. The molecule has 0 saturated heterocycles. The molecule has 1 aliphatic heterocycles. The maximum Gasteiger partial charge on any atom is 0.257 e. The van der Waals surface area contributed by atoms with Gasteiger partial charge in [0.05, 0.1) is 21.1 Å². The summed E-state index contributed by atoms with van der Waals surface area (Å²) < 4.78 is 0. The van der Waals surface area contributed by atoms with Crippen LogP contribution in [-0.2, 0) is 11.2 Å². The molecule has 2 amide bonds. The molecule has 0 aliphatic carbocycles. The van der Waals surface area contributed by atoms with Gasteiger partial charge in [0.25, 0.3) is 5.91 Å². The average molecular weight is 414 g/mol. The Morgan fingerprint density at radius 3 is 2.65 bits per heavy atom. The fourth-order valence-corrected chi connectivity index (χ4v) is 3.51. The Kier molecular flexibility index (Phi) is 5.32. The molecule has 3 N–H and O–H groups in total. The van der Waals surface area contributed by atoms with Crippen molar-refractivity contribution in [2.75, 3.05) is 5.32 Å². The number of hydrogen-bond donors (Lipinski definition) is 3. The quantitative estimate of drug-likeness (QED) is 0.637. The van der Waals surface area contributed by atoms with Crippen molar-refractivity contribution in [3.8, 4) is 5.75 Å². The van der Waals surface area contributed by atoms with Crippen molar-refractivity contribution in [2.24, 2.45) is 0 Å². The highest BCUT2D eigenvalue weighted by Gasteiger charge is 2.23. The number of carbonyl (C=O) groups excluding carboxylic acids is 2. The number of benzene rings is 2. The Morgan fingerprint density at radius 1 is 1.19 bits per heavy atom. The number of phenolic OH excluding ortho intramolecular Hbond substituents is 1. The topological polar surface area (TPSA) is 78.4 Å². The Bertz CT molecular complexity index is 889. The summed E-state index contributed by atoms with van der Waals surface area (Å²) in [4.78, 5) is 24.0. The molecule has 3 rings (SSSR count). The first-order chi connectivity index (χ1) is 12.3. The van der Waals surface area contributed by atoms with E-state index in [0.717, 1.165) is 16.8 Å². The molecule has 0 fully saturated rings. The van der Waals surface area contributed by atoms with Gasteiger partial charge in [-0.15, -0.1) is 0 Å². The zero-order chi connectivity index (χ0) is 19.0. The number of halogens is 3. The number of nitrogens with one attached hydrogen (secondary N) is 2. The van der Waals surface area contributed by atoms with Crippen LogP contribution in [0.1, 0.15) is 40.9 Å². The number of rotatable bonds is 3. The van der Waals surface area contributed by atoms with Crippen molar-refractivity contribution in [3.63, 3.8) is 0 Å². The lowest BCUT2D eigenvalue weighted by Crippen LogP contribution is -2.27. The van der Waals surface area contributed by atoms with Crippen molar-refractivity contribution in [2.45, 2.75) is 25.8 Å². The van der Waals surface area contributed by atoms with Gasteiger partial charge in [0.15, 0.2) is 0 Å². The molecule has 5 nitrogen and oxygen atoms in total. The minimum Gasteiger partial charge on any atom is -0.505 e. The van der Waals surface area contributed by atoms with Crippen LogP contribution in [0.2, 0.25) is 15.1 Å². The number of aromatic hydroxyl groups is 1. The summed E-state index contributed by atoms with van der Waals surface area (Å²) in [5, 5.41) is 15.6. The zero-order valence-electron chi connectivity index (χ0n) is 13.7. The maximum atomic E-state index is 12.6. The van der Waals surface area contributed by atoms with Crippen molar-refractivity contribution in [1.82, 2.24) is 5.32 Å². The van der Waals surface area contributed by atoms with Crippen LogP contribution in [0.3, 0.4) is 0 Å². The molecule has 136 valence electrons. The number of fused-ring (bicyclic) bond motifs is 1. The van der Waals surface area contributed by atoms with E-state index in [9.17, 15) is 14.7 Å². The van der Waals surface area contributed by atoms with Crippen LogP contribution in [0.25, 0.3) is 0 Å². The van der Waals surface area contributed by atoms with Crippen LogP contribution in [0, 0.1) is 0 Å². The van der Waals surface area contributed by atoms with Crippen LogP contribution >= 0.6 is 34.8 Å². The van der Waals surface area contributed by atoms with Crippen molar-refractivity contribution in [3.05, 3.63) is 56.0 Å². The third kappa shape index (κ3) is 3.61. The summed E-state index contributed by atoms with van der Waals surface area (Å²) in [7, 11) is 0. The van der Waals surface area contributed by atoms with Gasteiger partial charge in [-0.1, -0.05) is 46.9 Å². The van der Waals surface area contributed by atoms with E-state index in [0.29, 0.717) is 12.8 Å². The normalized spacial score (nSPS) is 14.4. The SMILES string of the molecule is CC(NC(=O)c1c(O)c(Cl)cc(Cl)c1Cl)c1ccc2c(c1)CCC(=O)N2. The molecule has 0 aromatic heterocycles. The standard InChI is InChI=1S/C18H15Cl3N2O3/c1-8(9-2-4-13-10(6-9)3-5-14(24)23-13)22-18(26)15-16(21)11(19)7-12(20)17(15)25/h2,4,6-8,25H,3,5H2,1H3,(H,22,26)(H,23,24). The van der Waals surface area contributed by atoms with Crippen LogP contribution in [-0.4, -0.2) is 16.9 Å². The molecular weight excluding hydrogens is 399 g/mol. The van der Waals surface area contributed by atoms with Crippen molar-refractivity contribution in [1.29, 1.82) is 0 Å². The van der Waals surface area contributed by atoms with Gasteiger partial charge < -0.3 is 15.7 Å². The van der Waals surface area contributed by atoms with Gasteiger partial charge in [-0.25, -0.2) is 0 Å². The van der Waals surface area contributed by atoms with E-state index < -0.39 is 11.7 Å². The highest BCUT2D eigenvalue weighted by molar-refractivity contribution is 6.45. The molecule has 1 aliphatic rings. The molecule has 0 bridgehead atoms. The van der Waals surface area contributed by atoms with E-state index in [-0.39, 0.29) is 32.6 Å². The van der Waals surface area contributed by atoms with E-state index in [1.54, 1.807) is 6.92 Å². The van der Waals surface area contributed by atoms with Gasteiger partial charge in [-0.05, 0) is 36.6 Å². The average Bonchev–Trinajstić information content (AvgIpc) is 2.59. The van der Waals surface area contributed by atoms with Crippen LogP contribution in [0.4, 0.5) is 5.69 Å². The molecule has 1 atom stereocenters. The minimum atomic E-state index is -0.588. The number of carbonyl (C=O) groups is 2. The monoisotopic (exact) mass is 412 g/mol. The second-order valence-corrected chi connectivity index (χ2v) is 7.23. The summed E-state index contributed by atoms with van der Waals surface area (Å²) in [5.41, 5.74) is 2.49. The Morgan fingerprint density at radius 2 is 1.92 bits per heavy atom. The second-order valence-electron chi connectivity index (χ2n) is 6.04. The van der Waals surface area contributed by atoms with E-state index in [1.165, 1.54) is 6.07 Å². The lowest BCUT2D eigenvalue weighted by atomic mass is 9.97. The fourth-order valence-electron chi connectivity index (χ4n) is 2.82. The highest BCUT2D eigenvalue weighted by atomic mass is 35.5. The smallest absolute Gasteiger partial charge is 0.257 e. The van der Waals surface area contributed by atoms with Gasteiger partial charge in [0, 0.05) is 12.1 Å². The van der Waals surface area contributed by atoms with Crippen LogP contribution < -0.4 is 10.6 Å². The van der Waals surface area contributed by atoms with E-state index in [1.807, 2.05) is 18.2 Å². The zero-order valence-corrected chi connectivity index (χ0v) is 16.0. The molecule has 2 aromatic carbocycles. The number of anilines is 1. The fraction of sp³-hybridized carbons (Fsp3) is 0.222. The third-order valence-corrected chi connectivity index (χ3v) is 5.32. The summed E-state index contributed by atoms with van der Waals surface area (Å²) in [6.45, 7) is 1.80. The summed E-state index contributed by atoms with van der Waals surface area (Å²) in [6.07, 6.45) is 1.08. The lowest BCUT2D eigenvalue weighted by molar-refractivity contribution is -0.116. The predicted molar refractivity (Wildman–Crippen MR) is 102 cm³/mol. The maximum absolute atomic E-state index is 12.6. The van der Waals surface area contributed by atoms with Crippen LogP contribution in [0.5, 0.6) is 5.75 Å². The van der Waals surface area contributed by atoms with E-state index in [2.05, 4.69) is 10.6 Å². The number of amides is 2. The number of aryl methyl sites for hydroxylation is 1. The van der Waals surface area contributed by atoms with Gasteiger partial charge in [0.2, 0.25) is 5.91 Å². The molecule has 0 spiro atoms. The molecule has 1 heterocycles. The molecule has 8 heteroatoms. The van der Waals surface area contributed by atoms with Gasteiger partial charge in [-0.2, -0.15) is 0 Å². The summed E-state index contributed by atoms with van der Waals surface area (Å²) in [6, 6.07) is 6.48. The summed E-state index contributed by atoms with van der Waals surface area (Å²) in [5.74, 6) is -1.01. The highest BCUT2D eigenvalue weighted by Crippen LogP contribution is 2.38. The van der Waals surface area contributed by atoms with E-state index >= 15 is 0 Å². The lowest BCUT2D eigenvalue weighted by Gasteiger charge is -2.21. The van der Waals surface area contributed by atoms with Crippen molar-refractivity contribution >= 4 is 52.3 Å². The summed E-state index contributed by atoms with van der Waals surface area (Å²) >= 11 is 17.9. The first-order valence-corrected chi connectivity index (χ1v) is 9.01. The van der Waals surface area contributed by atoms with Gasteiger partial charge >= 0.3 is 0 Å². The van der Waals surface area contributed by atoms with Crippen LogP contribution in [0.15, 0.2) is 24.3 Å². The van der Waals surface area contributed by atoms with Gasteiger partial charge in [-0.3, -0.25) is 9.59 Å². The van der Waals surface area contributed by atoms with Gasteiger partial charge in [0.1, 0.15) is 11.3 Å². The number of phenols is 1. The molecule has 2 aromatic rings. The first kappa shape index (κ1) is 18.8. The Balaban J connectivity index is 1.84.